The quantitative estimate of drug-likeness (QED) is 0.728. The first kappa shape index (κ1) is 13.1. The molecule has 0 bridgehead atoms. The number of thiocarbonyl (C=S) groups is 1. The summed E-state index contributed by atoms with van der Waals surface area (Å²) in [6, 6.07) is 0. The zero-order valence-corrected chi connectivity index (χ0v) is 10.9. The van der Waals surface area contributed by atoms with E-state index in [0.29, 0.717) is 12.2 Å². The van der Waals surface area contributed by atoms with Crippen molar-refractivity contribution >= 4 is 23.0 Å². The second-order valence-electron chi connectivity index (χ2n) is 4.28. The van der Waals surface area contributed by atoms with Gasteiger partial charge in [-0.3, -0.25) is 0 Å². The molecule has 0 aliphatic carbocycles. The van der Waals surface area contributed by atoms with Gasteiger partial charge in [0, 0.05) is 13.1 Å². The van der Waals surface area contributed by atoms with E-state index in [0.717, 1.165) is 12.4 Å². The molecule has 1 aliphatic rings. The van der Waals surface area contributed by atoms with Crippen LogP contribution in [-0.4, -0.2) is 52.0 Å². The second kappa shape index (κ2) is 5.55. The minimum atomic E-state index is -0.189. The Labute approximate surface area is 111 Å². The maximum atomic E-state index is 9.17. The van der Waals surface area contributed by atoms with Crippen LogP contribution in [0.4, 0.5) is 5.82 Å². The Bertz CT molecular complexity index is 426. The number of morpholine rings is 1. The molecule has 1 saturated heterocycles. The highest BCUT2D eigenvalue weighted by Crippen LogP contribution is 2.17. The number of aliphatic hydroxyl groups excluding tert-OH is 1. The Hall–Kier alpha value is -1.31. The third-order valence-corrected chi connectivity index (χ3v) is 2.95. The molecule has 0 spiro atoms. The van der Waals surface area contributed by atoms with Gasteiger partial charge in [0.2, 0.25) is 0 Å². The first-order valence-electron chi connectivity index (χ1n) is 5.73. The molecule has 0 aromatic carbocycles. The van der Waals surface area contributed by atoms with E-state index in [-0.39, 0.29) is 23.8 Å². The Kier molecular flexibility index (Phi) is 4.05. The minimum absolute atomic E-state index is 0.000756. The smallest absolute Gasteiger partial charge is 0.147 e. The maximum Gasteiger partial charge on any atom is 0.147 e. The van der Waals surface area contributed by atoms with Crippen LogP contribution in [0.3, 0.4) is 0 Å². The topological polar surface area (TPSA) is 84.5 Å². The van der Waals surface area contributed by atoms with Crippen LogP contribution in [0.1, 0.15) is 12.6 Å². The Morgan fingerprint density at radius 3 is 2.89 bits per heavy atom. The molecule has 2 unspecified atom stereocenters. The minimum Gasteiger partial charge on any atom is -0.394 e. The number of rotatable bonds is 3. The normalized spacial score (nSPS) is 24.0. The number of ether oxygens (including phenoxy) is 1. The van der Waals surface area contributed by atoms with Crippen molar-refractivity contribution < 1.29 is 9.84 Å². The van der Waals surface area contributed by atoms with Crippen LogP contribution in [0.15, 0.2) is 12.4 Å². The number of anilines is 1. The highest BCUT2D eigenvalue weighted by atomic mass is 32.1. The fraction of sp³-hybridized carbons (Fsp3) is 0.545. The van der Waals surface area contributed by atoms with Crippen LogP contribution in [-0.2, 0) is 4.74 Å². The summed E-state index contributed by atoms with van der Waals surface area (Å²) in [5.74, 6) is 0.739. The molecule has 0 amide bonds. The van der Waals surface area contributed by atoms with Gasteiger partial charge in [0.05, 0.1) is 31.2 Å². The first-order chi connectivity index (χ1) is 8.60. The van der Waals surface area contributed by atoms with Crippen molar-refractivity contribution in [3.05, 3.63) is 18.1 Å². The zero-order chi connectivity index (χ0) is 13.1. The summed E-state index contributed by atoms with van der Waals surface area (Å²) in [5.41, 5.74) is 5.98. The van der Waals surface area contributed by atoms with Crippen molar-refractivity contribution in [1.29, 1.82) is 0 Å². The van der Waals surface area contributed by atoms with Gasteiger partial charge in [0.25, 0.3) is 0 Å². The second-order valence-corrected chi connectivity index (χ2v) is 4.72. The zero-order valence-electron chi connectivity index (χ0n) is 10.1. The van der Waals surface area contributed by atoms with Crippen LogP contribution < -0.4 is 10.6 Å². The van der Waals surface area contributed by atoms with Gasteiger partial charge < -0.3 is 20.5 Å². The summed E-state index contributed by atoms with van der Waals surface area (Å²) >= 11 is 4.83. The Morgan fingerprint density at radius 2 is 2.33 bits per heavy atom. The molecule has 1 aromatic heterocycles. The lowest BCUT2D eigenvalue weighted by Crippen LogP contribution is -2.48. The molecule has 2 heterocycles. The van der Waals surface area contributed by atoms with Gasteiger partial charge in [-0.15, -0.1) is 0 Å². The number of aromatic nitrogens is 2. The summed E-state index contributed by atoms with van der Waals surface area (Å²) in [6.07, 6.45) is 3.06. The molecule has 0 saturated carbocycles. The molecule has 1 aliphatic heterocycles. The lowest BCUT2D eigenvalue weighted by Gasteiger charge is -2.36. The highest BCUT2D eigenvalue weighted by Gasteiger charge is 2.25. The summed E-state index contributed by atoms with van der Waals surface area (Å²) in [4.78, 5) is 10.7. The Balaban J connectivity index is 2.12. The van der Waals surface area contributed by atoms with Crippen LogP contribution in [0, 0.1) is 0 Å². The van der Waals surface area contributed by atoms with Crippen molar-refractivity contribution in [3.8, 4) is 0 Å². The Morgan fingerprint density at radius 1 is 1.56 bits per heavy atom. The fourth-order valence-electron chi connectivity index (χ4n) is 1.94. The molecule has 0 radical (unpaired) electrons. The highest BCUT2D eigenvalue weighted by molar-refractivity contribution is 7.80. The van der Waals surface area contributed by atoms with E-state index >= 15 is 0 Å². The van der Waals surface area contributed by atoms with E-state index in [1.807, 2.05) is 11.8 Å². The van der Waals surface area contributed by atoms with Gasteiger partial charge in [0.1, 0.15) is 16.5 Å². The van der Waals surface area contributed by atoms with Crippen molar-refractivity contribution in [3.63, 3.8) is 0 Å². The average molecular weight is 268 g/mol. The lowest BCUT2D eigenvalue weighted by atomic mass is 10.2. The molecule has 1 aromatic rings. The molecule has 98 valence electrons. The number of aliphatic hydroxyl groups is 1. The van der Waals surface area contributed by atoms with Crippen LogP contribution in [0.5, 0.6) is 0 Å². The summed E-state index contributed by atoms with van der Waals surface area (Å²) in [7, 11) is 0. The van der Waals surface area contributed by atoms with E-state index in [9.17, 15) is 0 Å². The summed E-state index contributed by atoms with van der Waals surface area (Å²) < 4.78 is 5.57. The van der Waals surface area contributed by atoms with E-state index in [2.05, 4.69) is 9.97 Å². The van der Waals surface area contributed by atoms with E-state index in [1.54, 1.807) is 12.4 Å². The van der Waals surface area contributed by atoms with Crippen molar-refractivity contribution in [2.75, 3.05) is 24.6 Å². The molecule has 6 nitrogen and oxygen atoms in total. The van der Waals surface area contributed by atoms with Crippen LogP contribution in [0.2, 0.25) is 0 Å². The third-order valence-electron chi connectivity index (χ3n) is 2.74. The maximum absolute atomic E-state index is 9.17. The fourth-order valence-corrected chi connectivity index (χ4v) is 2.05. The monoisotopic (exact) mass is 268 g/mol. The molecular formula is C11H16N4O2S. The van der Waals surface area contributed by atoms with Crippen LogP contribution in [0.25, 0.3) is 0 Å². The molecule has 7 heteroatoms. The van der Waals surface area contributed by atoms with Crippen molar-refractivity contribution in [2.45, 2.75) is 19.1 Å². The molecule has 3 N–H and O–H groups in total. The number of hydrogen-bond donors (Lipinski definition) is 2. The number of nitrogens with zero attached hydrogens (tertiary/aromatic N) is 3. The molecule has 1 fully saturated rings. The predicted molar refractivity (Wildman–Crippen MR) is 71.6 cm³/mol. The molecule has 18 heavy (non-hydrogen) atoms. The van der Waals surface area contributed by atoms with Gasteiger partial charge in [-0.05, 0) is 6.92 Å². The predicted octanol–water partition coefficient (Wildman–Crippen LogP) is -0.303. The molecular weight excluding hydrogens is 252 g/mol. The summed E-state index contributed by atoms with van der Waals surface area (Å²) in [6.45, 7) is 3.28. The van der Waals surface area contributed by atoms with Crippen molar-refractivity contribution in [2.24, 2.45) is 5.73 Å². The largest absolute Gasteiger partial charge is 0.394 e. The van der Waals surface area contributed by atoms with Gasteiger partial charge in [-0.25, -0.2) is 9.97 Å². The summed E-state index contributed by atoms with van der Waals surface area (Å²) in [5, 5.41) is 9.17. The van der Waals surface area contributed by atoms with Crippen molar-refractivity contribution in [1.82, 2.24) is 9.97 Å². The van der Waals surface area contributed by atoms with Crippen LogP contribution >= 0.6 is 12.2 Å². The van der Waals surface area contributed by atoms with E-state index in [1.165, 1.54) is 0 Å². The third kappa shape index (κ3) is 2.92. The number of hydrogen-bond acceptors (Lipinski definition) is 6. The van der Waals surface area contributed by atoms with E-state index in [4.69, 9.17) is 27.8 Å². The van der Waals surface area contributed by atoms with Gasteiger partial charge >= 0.3 is 0 Å². The van der Waals surface area contributed by atoms with Gasteiger partial charge in [0.15, 0.2) is 0 Å². The average Bonchev–Trinajstić information content (AvgIpc) is 2.38. The molecule has 2 rings (SSSR count). The van der Waals surface area contributed by atoms with E-state index < -0.39 is 0 Å². The number of nitrogens with two attached hydrogens (primary N) is 1. The lowest BCUT2D eigenvalue weighted by molar-refractivity contribution is -0.0423. The van der Waals surface area contributed by atoms with Gasteiger partial charge in [-0.1, -0.05) is 12.2 Å². The molecule has 2 atom stereocenters. The SMILES string of the molecule is CC1CN(c2cnc(C(N)=S)cn2)CC(CO)O1. The van der Waals surface area contributed by atoms with Gasteiger partial charge in [-0.2, -0.15) is 0 Å². The first-order valence-corrected chi connectivity index (χ1v) is 6.14. The standard InChI is InChI=1S/C11H16N4O2S/c1-7-4-15(5-8(6-16)17-7)10-3-13-9(2-14-10)11(12)18/h2-3,7-8,16H,4-6H2,1H3,(H2,12,18).